The average Bonchev–Trinajstić information content (AvgIpc) is 3.36. The van der Waals surface area contributed by atoms with Crippen molar-refractivity contribution in [2.45, 2.75) is 83.9 Å². The van der Waals surface area contributed by atoms with Crippen molar-refractivity contribution in [2.24, 2.45) is 0 Å². The second-order valence-electron chi connectivity index (χ2n) is 10.2. The number of hydrogen-bond donors (Lipinski definition) is 0. The van der Waals surface area contributed by atoms with Crippen LogP contribution in [0.25, 0.3) is 5.69 Å². The van der Waals surface area contributed by atoms with Crippen molar-refractivity contribution in [3.63, 3.8) is 0 Å². The van der Waals surface area contributed by atoms with Crippen molar-refractivity contribution < 1.29 is 14.4 Å². The van der Waals surface area contributed by atoms with Crippen LogP contribution in [0, 0.1) is 6.92 Å². The summed E-state index contributed by atoms with van der Waals surface area (Å²) >= 11 is 7.85. The number of aromatic nitrogens is 5. The first kappa shape index (κ1) is 24.1. The lowest BCUT2D eigenvalue weighted by Crippen LogP contribution is -2.31. The molecule has 0 atom stereocenters. The standard InChI is InChI=1S/C24H29ClN6O3S/c1-14-26-22(35-29-14)16-7-5-15(6-8-16)21-28-27-20-13-30(34-23(32)33-24(2,3)4)12-17-11-18(25)9-10-19(17)31(20)21/h9-11,15-16H,5-8,12-13H2,1-4H3. The Bertz CT molecular complexity index is 1230. The summed E-state index contributed by atoms with van der Waals surface area (Å²) in [6.45, 7) is 8.00. The highest BCUT2D eigenvalue weighted by molar-refractivity contribution is 7.05. The first-order valence-corrected chi connectivity index (χ1v) is 13.0. The van der Waals surface area contributed by atoms with Gasteiger partial charge in [0, 0.05) is 16.9 Å². The number of aryl methyl sites for hydroxylation is 1. The Labute approximate surface area is 213 Å². The van der Waals surface area contributed by atoms with E-state index >= 15 is 0 Å². The van der Waals surface area contributed by atoms with Crippen molar-refractivity contribution in [1.29, 1.82) is 0 Å². The quantitative estimate of drug-likeness (QED) is 0.409. The maximum absolute atomic E-state index is 12.4. The summed E-state index contributed by atoms with van der Waals surface area (Å²) in [7, 11) is 0. The lowest BCUT2D eigenvalue weighted by molar-refractivity contribution is -0.155. The molecule has 0 saturated heterocycles. The summed E-state index contributed by atoms with van der Waals surface area (Å²) < 4.78 is 11.8. The van der Waals surface area contributed by atoms with Crippen LogP contribution in [0.5, 0.6) is 0 Å². The number of ether oxygens (including phenoxy) is 1. The third-order valence-electron chi connectivity index (χ3n) is 6.28. The van der Waals surface area contributed by atoms with E-state index in [2.05, 4.69) is 24.1 Å². The number of carbonyl (C=O) groups is 1. The number of halogens is 1. The molecule has 11 heteroatoms. The van der Waals surface area contributed by atoms with Crippen LogP contribution in [0.2, 0.25) is 5.02 Å². The smallest absolute Gasteiger partial charge is 0.427 e. The first-order valence-electron chi connectivity index (χ1n) is 11.9. The molecular weight excluding hydrogens is 488 g/mol. The summed E-state index contributed by atoms with van der Waals surface area (Å²) in [5, 5.41) is 12.4. The molecule has 1 aliphatic heterocycles. The number of hydrogen-bond acceptors (Lipinski definition) is 9. The molecule has 0 radical (unpaired) electrons. The van der Waals surface area contributed by atoms with E-state index in [1.165, 1.54) is 11.5 Å². The molecule has 0 spiro atoms. The van der Waals surface area contributed by atoms with Crippen LogP contribution in [0.1, 0.15) is 86.3 Å². The molecule has 5 rings (SSSR count). The van der Waals surface area contributed by atoms with Crippen LogP contribution >= 0.6 is 23.1 Å². The molecule has 35 heavy (non-hydrogen) atoms. The normalized spacial score (nSPS) is 20.6. The first-order chi connectivity index (χ1) is 16.7. The molecular formula is C24H29ClN6O3S. The van der Waals surface area contributed by atoms with E-state index in [9.17, 15) is 4.79 Å². The van der Waals surface area contributed by atoms with Gasteiger partial charge >= 0.3 is 6.16 Å². The van der Waals surface area contributed by atoms with Gasteiger partial charge < -0.3 is 9.57 Å². The molecule has 0 amide bonds. The summed E-state index contributed by atoms with van der Waals surface area (Å²) in [6, 6.07) is 5.75. The van der Waals surface area contributed by atoms with Gasteiger partial charge in [-0.25, -0.2) is 9.78 Å². The van der Waals surface area contributed by atoms with Gasteiger partial charge in [-0.15, -0.1) is 15.3 Å². The summed E-state index contributed by atoms with van der Waals surface area (Å²) in [5.74, 6) is 3.24. The van der Waals surface area contributed by atoms with Crippen molar-refractivity contribution in [3.8, 4) is 5.69 Å². The van der Waals surface area contributed by atoms with Crippen LogP contribution in [0.3, 0.4) is 0 Å². The maximum Gasteiger partial charge on any atom is 0.528 e. The fourth-order valence-electron chi connectivity index (χ4n) is 4.78. The summed E-state index contributed by atoms with van der Waals surface area (Å²) in [5.41, 5.74) is 1.24. The molecule has 3 aromatic rings. The largest absolute Gasteiger partial charge is 0.528 e. The third-order valence-corrected chi connectivity index (χ3v) is 7.48. The zero-order valence-electron chi connectivity index (χ0n) is 20.3. The monoisotopic (exact) mass is 516 g/mol. The van der Waals surface area contributed by atoms with E-state index in [1.807, 2.05) is 25.1 Å². The topological polar surface area (TPSA) is 95.3 Å². The van der Waals surface area contributed by atoms with Crippen LogP contribution in [-0.4, -0.2) is 40.9 Å². The minimum atomic E-state index is -0.750. The Kier molecular flexibility index (Phi) is 6.54. The molecule has 1 aliphatic carbocycles. The number of hydroxylamine groups is 2. The van der Waals surface area contributed by atoms with Crippen molar-refractivity contribution in [2.75, 3.05) is 0 Å². The molecule has 3 heterocycles. The highest BCUT2D eigenvalue weighted by Crippen LogP contribution is 2.41. The number of carbonyl (C=O) groups excluding carboxylic acids is 1. The molecule has 1 aromatic carbocycles. The Morgan fingerprint density at radius 3 is 2.54 bits per heavy atom. The predicted octanol–water partition coefficient (Wildman–Crippen LogP) is 5.70. The second kappa shape index (κ2) is 9.48. The molecule has 2 aromatic heterocycles. The minimum absolute atomic E-state index is 0.281. The van der Waals surface area contributed by atoms with Gasteiger partial charge in [0.1, 0.15) is 22.3 Å². The van der Waals surface area contributed by atoms with E-state index in [0.717, 1.165) is 53.6 Å². The molecule has 0 bridgehead atoms. The zero-order valence-corrected chi connectivity index (χ0v) is 21.9. The Hall–Kier alpha value is -2.56. The van der Waals surface area contributed by atoms with Gasteiger partial charge in [-0.1, -0.05) is 11.6 Å². The lowest BCUT2D eigenvalue weighted by atomic mass is 9.82. The number of nitrogens with zero attached hydrogens (tertiary/aromatic N) is 6. The van der Waals surface area contributed by atoms with E-state index < -0.39 is 11.8 Å². The molecule has 1 saturated carbocycles. The van der Waals surface area contributed by atoms with Gasteiger partial charge in [-0.05, 0) is 88.7 Å². The third kappa shape index (κ3) is 5.34. The highest BCUT2D eigenvalue weighted by atomic mass is 35.5. The van der Waals surface area contributed by atoms with Crippen LogP contribution < -0.4 is 0 Å². The molecule has 2 aliphatic rings. The van der Waals surface area contributed by atoms with Gasteiger partial charge in [0.2, 0.25) is 0 Å². The van der Waals surface area contributed by atoms with E-state index in [1.54, 1.807) is 25.8 Å². The Morgan fingerprint density at radius 2 is 1.86 bits per heavy atom. The SMILES string of the molecule is Cc1nsc(C2CCC(c3nnc4n3-c3ccc(Cl)cc3CN(OC(=O)OC(C)(C)C)C4)CC2)n1. The zero-order chi connectivity index (χ0) is 24.7. The highest BCUT2D eigenvalue weighted by Gasteiger charge is 2.33. The van der Waals surface area contributed by atoms with Gasteiger partial charge in [-0.3, -0.25) is 4.57 Å². The van der Waals surface area contributed by atoms with Crippen LogP contribution in [0.4, 0.5) is 4.79 Å². The molecule has 1 fully saturated rings. The van der Waals surface area contributed by atoms with E-state index in [4.69, 9.17) is 21.2 Å². The number of fused-ring (bicyclic) bond motifs is 3. The van der Waals surface area contributed by atoms with E-state index in [0.29, 0.717) is 23.3 Å². The van der Waals surface area contributed by atoms with E-state index in [-0.39, 0.29) is 12.5 Å². The van der Waals surface area contributed by atoms with Gasteiger partial charge in [0.15, 0.2) is 5.82 Å². The number of benzene rings is 1. The van der Waals surface area contributed by atoms with Crippen LogP contribution in [0.15, 0.2) is 18.2 Å². The lowest BCUT2D eigenvalue weighted by Gasteiger charge is -2.27. The fraction of sp³-hybridized carbons (Fsp3) is 0.542. The minimum Gasteiger partial charge on any atom is -0.427 e. The van der Waals surface area contributed by atoms with Crippen molar-refractivity contribution >= 4 is 29.3 Å². The Morgan fingerprint density at radius 1 is 1.11 bits per heavy atom. The van der Waals surface area contributed by atoms with Gasteiger partial charge in [0.05, 0.1) is 18.8 Å². The van der Waals surface area contributed by atoms with Crippen molar-refractivity contribution in [3.05, 3.63) is 51.3 Å². The summed E-state index contributed by atoms with van der Waals surface area (Å²) in [4.78, 5) is 22.5. The molecule has 0 unspecified atom stereocenters. The van der Waals surface area contributed by atoms with Gasteiger partial charge in [0.25, 0.3) is 0 Å². The summed E-state index contributed by atoms with van der Waals surface area (Å²) in [6.07, 6.45) is 3.34. The fourth-order valence-corrected chi connectivity index (χ4v) is 5.80. The van der Waals surface area contributed by atoms with Crippen LogP contribution in [-0.2, 0) is 22.7 Å². The molecule has 0 N–H and O–H groups in total. The predicted molar refractivity (Wildman–Crippen MR) is 132 cm³/mol. The van der Waals surface area contributed by atoms with Gasteiger partial charge in [-0.2, -0.15) is 4.37 Å². The molecule has 9 nitrogen and oxygen atoms in total. The van der Waals surface area contributed by atoms with Crippen molar-refractivity contribution in [1.82, 2.24) is 29.2 Å². The maximum atomic E-state index is 12.4. The average molecular weight is 517 g/mol. The second-order valence-corrected chi connectivity index (χ2v) is 11.4. The Balaban J connectivity index is 1.40. The number of rotatable bonds is 3. The molecule has 186 valence electrons.